The molecule has 0 saturated carbocycles. The zero-order valence-electron chi connectivity index (χ0n) is 16.1. The molecule has 0 atom stereocenters. The number of aryl methyl sites for hydroxylation is 2. The number of hydrogen-bond donors (Lipinski definition) is 2. The van der Waals surface area contributed by atoms with E-state index in [9.17, 15) is 5.11 Å². The van der Waals surface area contributed by atoms with Crippen molar-refractivity contribution in [3.63, 3.8) is 0 Å². The minimum absolute atomic E-state index is 0.238. The highest BCUT2D eigenvalue weighted by molar-refractivity contribution is 7.13. The SMILES string of the molecule is Cc1ccc(-c2nc(C3=C(O)CN(CCc4ccccc4)C3=N)sc2C)cc1. The maximum absolute atomic E-state index is 10.6. The van der Waals surface area contributed by atoms with Gasteiger partial charge in [-0.2, -0.15) is 0 Å². The average Bonchev–Trinajstić information content (AvgIpc) is 3.20. The van der Waals surface area contributed by atoms with Crippen LogP contribution >= 0.6 is 11.3 Å². The van der Waals surface area contributed by atoms with E-state index in [1.54, 1.807) is 0 Å². The maximum Gasteiger partial charge on any atom is 0.135 e. The van der Waals surface area contributed by atoms with Crippen LogP contribution in [-0.4, -0.2) is 33.9 Å². The fraction of sp³-hybridized carbons (Fsp3) is 0.217. The molecular formula is C23H23N3OS. The Kier molecular flexibility index (Phi) is 5.01. The number of thiazole rings is 1. The number of nitrogens with one attached hydrogen (secondary N) is 1. The molecule has 0 bridgehead atoms. The van der Waals surface area contributed by atoms with Gasteiger partial charge in [0.25, 0.3) is 0 Å². The zero-order valence-corrected chi connectivity index (χ0v) is 16.9. The first kappa shape index (κ1) is 18.4. The highest BCUT2D eigenvalue weighted by atomic mass is 32.1. The quantitative estimate of drug-likeness (QED) is 0.628. The van der Waals surface area contributed by atoms with Gasteiger partial charge in [-0.05, 0) is 25.8 Å². The van der Waals surface area contributed by atoms with Gasteiger partial charge in [-0.3, -0.25) is 5.41 Å². The lowest BCUT2D eigenvalue weighted by Crippen LogP contribution is -2.28. The van der Waals surface area contributed by atoms with Gasteiger partial charge in [-0.25, -0.2) is 4.98 Å². The molecule has 0 fully saturated rings. The molecule has 0 unspecified atom stereocenters. The molecule has 2 N–H and O–H groups in total. The number of nitrogens with zero attached hydrogens (tertiary/aromatic N) is 2. The molecule has 1 aliphatic rings. The Morgan fingerprint density at radius 3 is 2.50 bits per heavy atom. The predicted molar refractivity (Wildman–Crippen MR) is 116 cm³/mol. The van der Waals surface area contributed by atoms with Crippen molar-refractivity contribution in [1.29, 1.82) is 5.41 Å². The number of aromatic nitrogens is 1. The van der Waals surface area contributed by atoms with Crippen LogP contribution in [0.15, 0.2) is 60.4 Å². The van der Waals surface area contributed by atoms with Gasteiger partial charge in [-0.15, -0.1) is 11.3 Å². The molecule has 0 radical (unpaired) electrons. The van der Waals surface area contributed by atoms with Crippen molar-refractivity contribution < 1.29 is 5.11 Å². The van der Waals surface area contributed by atoms with Crippen LogP contribution in [0.2, 0.25) is 0 Å². The van der Waals surface area contributed by atoms with Crippen LogP contribution < -0.4 is 0 Å². The van der Waals surface area contributed by atoms with E-state index < -0.39 is 0 Å². The van der Waals surface area contributed by atoms with Gasteiger partial charge in [0, 0.05) is 17.0 Å². The van der Waals surface area contributed by atoms with Crippen molar-refractivity contribution in [2.75, 3.05) is 13.1 Å². The zero-order chi connectivity index (χ0) is 19.7. The van der Waals surface area contributed by atoms with Crippen LogP contribution in [0.25, 0.3) is 16.8 Å². The van der Waals surface area contributed by atoms with Crippen LogP contribution in [0.5, 0.6) is 0 Å². The normalized spacial score (nSPS) is 14.2. The van der Waals surface area contributed by atoms with Gasteiger partial charge in [0.2, 0.25) is 0 Å². The highest BCUT2D eigenvalue weighted by Gasteiger charge is 2.30. The van der Waals surface area contributed by atoms with E-state index in [0.717, 1.165) is 27.6 Å². The van der Waals surface area contributed by atoms with E-state index in [4.69, 9.17) is 10.4 Å². The average molecular weight is 390 g/mol. The summed E-state index contributed by atoms with van der Waals surface area (Å²) in [5, 5.41) is 19.9. The Bertz CT molecular complexity index is 1040. The largest absolute Gasteiger partial charge is 0.510 e. The summed E-state index contributed by atoms with van der Waals surface area (Å²) >= 11 is 1.54. The standard InChI is InChI=1S/C23H23N3OS/c1-15-8-10-18(11-9-15)21-16(2)28-23(25-21)20-19(27)14-26(22(20)24)13-12-17-6-4-3-5-7-17/h3-11,24,27H,12-14H2,1-2H3. The highest BCUT2D eigenvalue weighted by Crippen LogP contribution is 2.35. The van der Waals surface area contributed by atoms with Crippen molar-refractivity contribution in [3.8, 4) is 11.3 Å². The van der Waals surface area contributed by atoms with Crippen molar-refractivity contribution in [1.82, 2.24) is 9.88 Å². The molecule has 0 saturated heterocycles. The lowest BCUT2D eigenvalue weighted by Gasteiger charge is -2.18. The van der Waals surface area contributed by atoms with E-state index in [-0.39, 0.29) is 5.76 Å². The summed E-state index contributed by atoms with van der Waals surface area (Å²) < 4.78 is 0. The van der Waals surface area contributed by atoms with E-state index in [1.165, 1.54) is 22.5 Å². The van der Waals surface area contributed by atoms with E-state index in [0.29, 0.717) is 24.5 Å². The number of aliphatic hydroxyl groups excluding tert-OH is 1. The number of benzene rings is 2. The Morgan fingerprint density at radius 2 is 1.79 bits per heavy atom. The third kappa shape index (κ3) is 3.58. The summed E-state index contributed by atoms with van der Waals surface area (Å²) in [6, 6.07) is 18.5. The molecule has 1 aromatic heterocycles. The van der Waals surface area contributed by atoms with Crippen molar-refractivity contribution in [2.45, 2.75) is 20.3 Å². The fourth-order valence-electron chi connectivity index (χ4n) is 3.44. The van der Waals surface area contributed by atoms with Gasteiger partial charge in [0.15, 0.2) is 0 Å². The number of rotatable bonds is 5. The molecule has 0 aliphatic carbocycles. The Hall–Kier alpha value is -2.92. The third-order valence-electron chi connectivity index (χ3n) is 5.03. The lowest BCUT2D eigenvalue weighted by atomic mass is 10.1. The van der Waals surface area contributed by atoms with E-state index in [2.05, 4.69) is 43.3 Å². The smallest absolute Gasteiger partial charge is 0.135 e. The molecular weight excluding hydrogens is 366 g/mol. The Morgan fingerprint density at radius 1 is 1.07 bits per heavy atom. The van der Waals surface area contributed by atoms with Crippen LogP contribution in [-0.2, 0) is 6.42 Å². The van der Waals surface area contributed by atoms with Gasteiger partial charge in [-0.1, -0.05) is 60.2 Å². The summed E-state index contributed by atoms with van der Waals surface area (Å²) in [5.41, 5.74) is 5.00. The van der Waals surface area contributed by atoms with Crippen molar-refractivity contribution >= 4 is 22.7 Å². The number of aliphatic hydroxyl groups is 1. The molecule has 0 amide bonds. The molecule has 5 heteroatoms. The molecule has 3 aromatic rings. The van der Waals surface area contributed by atoms with Crippen LogP contribution in [0.1, 0.15) is 21.0 Å². The fourth-order valence-corrected chi connectivity index (χ4v) is 4.44. The predicted octanol–water partition coefficient (Wildman–Crippen LogP) is 5.23. The second-order valence-corrected chi connectivity index (χ2v) is 8.32. The van der Waals surface area contributed by atoms with E-state index in [1.807, 2.05) is 30.0 Å². The summed E-state index contributed by atoms with van der Waals surface area (Å²) in [7, 11) is 0. The number of hydrogen-bond acceptors (Lipinski definition) is 4. The van der Waals surface area contributed by atoms with E-state index >= 15 is 0 Å². The monoisotopic (exact) mass is 389 g/mol. The summed E-state index contributed by atoms with van der Waals surface area (Å²) in [6.07, 6.45) is 0.843. The summed E-state index contributed by atoms with van der Waals surface area (Å²) in [4.78, 5) is 7.79. The van der Waals surface area contributed by atoms with Crippen molar-refractivity contribution in [2.24, 2.45) is 0 Å². The second kappa shape index (κ2) is 7.60. The van der Waals surface area contributed by atoms with Gasteiger partial charge < -0.3 is 10.0 Å². The first-order chi connectivity index (χ1) is 13.5. The molecule has 142 valence electrons. The molecule has 28 heavy (non-hydrogen) atoms. The van der Waals surface area contributed by atoms with Gasteiger partial charge >= 0.3 is 0 Å². The topological polar surface area (TPSA) is 60.2 Å². The van der Waals surface area contributed by atoms with Crippen LogP contribution in [0, 0.1) is 19.3 Å². The first-order valence-corrected chi connectivity index (χ1v) is 10.2. The Balaban J connectivity index is 1.54. The lowest BCUT2D eigenvalue weighted by molar-refractivity contribution is 0.351. The van der Waals surface area contributed by atoms with Gasteiger partial charge in [0.05, 0.1) is 17.8 Å². The van der Waals surface area contributed by atoms with Crippen LogP contribution in [0.4, 0.5) is 0 Å². The van der Waals surface area contributed by atoms with Gasteiger partial charge in [0.1, 0.15) is 16.6 Å². The third-order valence-corrected chi connectivity index (χ3v) is 6.02. The van der Waals surface area contributed by atoms with Crippen molar-refractivity contribution in [3.05, 3.63) is 81.4 Å². The summed E-state index contributed by atoms with van der Waals surface area (Å²) in [5.74, 6) is 0.597. The molecule has 4 rings (SSSR count). The molecule has 0 spiro atoms. The molecule has 2 aromatic carbocycles. The Labute approximate surface area is 169 Å². The molecule has 4 nitrogen and oxygen atoms in total. The summed E-state index contributed by atoms with van der Waals surface area (Å²) in [6.45, 7) is 5.18. The second-order valence-electron chi connectivity index (χ2n) is 7.12. The number of amidine groups is 1. The van der Waals surface area contributed by atoms with Crippen LogP contribution in [0.3, 0.4) is 0 Å². The molecule has 2 heterocycles. The first-order valence-electron chi connectivity index (χ1n) is 9.37. The molecule has 1 aliphatic heterocycles. The maximum atomic E-state index is 10.6. The minimum atomic E-state index is 0.238. The minimum Gasteiger partial charge on any atom is -0.510 e.